The summed E-state index contributed by atoms with van der Waals surface area (Å²) in [6.07, 6.45) is 1.16. The van der Waals surface area contributed by atoms with Crippen LogP contribution >= 0.6 is 11.3 Å². The number of aryl methyl sites for hydroxylation is 2. The summed E-state index contributed by atoms with van der Waals surface area (Å²) in [6, 6.07) is 13.6. The molecule has 2 heteroatoms. The van der Waals surface area contributed by atoms with Crippen LogP contribution in [0.3, 0.4) is 0 Å². The number of nitrogens with one attached hydrogen (secondary N) is 1. The summed E-state index contributed by atoms with van der Waals surface area (Å²) >= 11 is 1.88. The van der Waals surface area contributed by atoms with E-state index in [1.165, 1.54) is 20.9 Å². The molecular formula is C16H21NS. The number of rotatable bonds is 5. The van der Waals surface area contributed by atoms with Crippen molar-refractivity contribution in [1.82, 2.24) is 5.32 Å². The molecule has 0 aliphatic rings. The summed E-state index contributed by atoms with van der Waals surface area (Å²) in [5, 5.41) is 3.65. The summed E-state index contributed by atoms with van der Waals surface area (Å²) in [6.45, 7) is 7.56. The lowest BCUT2D eigenvalue weighted by Crippen LogP contribution is -2.22. The Morgan fingerprint density at radius 2 is 1.78 bits per heavy atom. The summed E-state index contributed by atoms with van der Waals surface area (Å²) in [5.74, 6) is 0. The van der Waals surface area contributed by atoms with Gasteiger partial charge in [0.2, 0.25) is 0 Å². The van der Waals surface area contributed by atoms with Crippen LogP contribution in [0.4, 0.5) is 0 Å². The van der Waals surface area contributed by atoms with Crippen LogP contribution in [0.15, 0.2) is 36.4 Å². The number of hydrogen-bond donors (Lipinski definition) is 1. The van der Waals surface area contributed by atoms with Crippen LogP contribution < -0.4 is 5.32 Å². The van der Waals surface area contributed by atoms with Crippen LogP contribution in [-0.2, 0) is 0 Å². The van der Waals surface area contributed by atoms with Crippen LogP contribution in [0.1, 0.15) is 40.3 Å². The zero-order chi connectivity index (χ0) is 13.0. The Balaban J connectivity index is 2.27. The van der Waals surface area contributed by atoms with Gasteiger partial charge in [0.05, 0.1) is 6.04 Å². The number of hydrogen-bond acceptors (Lipinski definition) is 2. The van der Waals surface area contributed by atoms with Gasteiger partial charge in [-0.2, -0.15) is 0 Å². The molecule has 2 aromatic rings. The predicted octanol–water partition coefficient (Wildman–Crippen LogP) is 4.45. The van der Waals surface area contributed by atoms with Gasteiger partial charge in [0, 0.05) is 9.75 Å². The van der Waals surface area contributed by atoms with E-state index in [0.29, 0.717) is 6.04 Å². The van der Waals surface area contributed by atoms with Crippen LogP contribution in [0.5, 0.6) is 0 Å². The first-order valence-corrected chi connectivity index (χ1v) is 7.38. The van der Waals surface area contributed by atoms with E-state index >= 15 is 0 Å². The zero-order valence-electron chi connectivity index (χ0n) is 11.4. The highest BCUT2D eigenvalue weighted by atomic mass is 32.1. The van der Waals surface area contributed by atoms with E-state index in [2.05, 4.69) is 62.5 Å². The van der Waals surface area contributed by atoms with Crippen molar-refractivity contribution in [3.05, 3.63) is 57.3 Å². The van der Waals surface area contributed by atoms with Crippen molar-refractivity contribution < 1.29 is 0 Å². The van der Waals surface area contributed by atoms with E-state index < -0.39 is 0 Å². The smallest absolute Gasteiger partial charge is 0.0671 e. The molecule has 0 fully saturated rings. The van der Waals surface area contributed by atoms with E-state index in [4.69, 9.17) is 0 Å². The Hall–Kier alpha value is -1.12. The standard InChI is InChI=1S/C16H21NS/c1-4-11-17-16(15-10-7-13(3)18-15)14-8-5-12(2)6-9-14/h5-10,16-17H,4,11H2,1-3H3. The zero-order valence-corrected chi connectivity index (χ0v) is 12.2. The summed E-state index contributed by atoms with van der Waals surface area (Å²) in [4.78, 5) is 2.78. The lowest BCUT2D eigenvalue weighted by Gasteiger charge is -2.18. The third-order valence-electron chi connectivity index (χ3n) is 3.05. The Bertz CT molecular complexity index is 484. The Morgan fingerprint density at radius 1 is 1.06 bits per heavy atom. The minimum atomic E-state index is 0.337. The van der Waals surface area contributed by atoms with Crippen LogP contribution in [-0.4, -0.2) is 6.54 Å². The highest BCUT2D eigenvalue weighted by Gasteiger charge is 2.14. The molecule has 1 atom stereocenters. The molecule has 2 rings (SSSR count). The second-order valence-electron chi connectivity index (χ2n) is 4.75. The van der Waals surface area contributed by atoms with Crippen molar-refractivity contribution >= 4 is 11.3 Å². The lowest BCUT2D eigenvalue weighted by molar-refractivity contribution is 0.606. The third-order valence-corrected chi connectivity index (χ3v) is 4.12. The van der Waals surface area contributed by atoms with Gasteiger partial charge < -0.3 is 5.32 Å². The minimum absolute atomic E-state index is 0.337. The average molecular weight is 259 g/mol. The van der Waals surface area contributed by atoms with Gasteiger partial charge in [0.15, 0.2) is 0 Å². The van der Waals surface area contributed by atoms with Crippen LogP contribution in [0, 0.1) is 13.8 Å². The molecular weight excluding hydrogens is 238 g/mol. The maximum atomic E-state index is 3.65. The van der Waals surface area contributed by atoms with Gasteiger partial charge in [-0.15, -0.1) is 11.3 Å². The molecule has 0 saturated carbocycles. The maximum absolute atomic E-state index is 3.65. The molecule has 0 bridgehead atoms. The van der Waals surface area contributed by atoms with Crippen LogP contribution in [0.2, 0.25) is 0 Å². The molecule has 1 unspecified atom stereocenters. The summed E-state index contributed by atoms with van der Waals surface area (Å²) in [5.41, 5.74) is 2.67. The second-order valence-corrected chi connectivity index (χ2v) is 6.07. The normalized spacial score (nSPS) is 12.6. The van der Waals surface area contributed by atoms with E-state index in [9.17, 15) is 0 Å². The largest absolute Gasteiger partial charge is 0.306 e. The van der Waals surface area contributed by atoms with Crippen LogP contribution in [0.25, 0.3) is 0 Å². The summed E-state index contributed by atoms with van der Waals surface area (Å²) < 4.78 is 0. The average Bonchev–Trinajstić information content (AvgIpc) is 2.78. The summed E-state index contributed by atoms with van der Waals surface area (Å²) in [7, 11) is 0. The molecule has 0 spiro atoms. The van der Waals surface area contributed by atoms with Gasteiger partial charge in [-0.3, -0.25) is 0 Å². The third kappa shape index (κ3) is 3.21. The molecule has 1 heterocycles. The highest BCUT2D eigenvalue weighted by molar-refractivity contribution is 7.12. The van der Waals surface area contributed by atoms with E-state index in [1.807, 2.05) is 11.3 Å². The first-order chi connectivity index (χ1) is 8.70. The fraction of sp³-hybridized carbons (Fsp3) is 0.375. The first-order valence-electron chi connectivity index (χ1n) is 6.57. The van der Waals surface area contributed by atoms with Crippen molar-refractivity contribution in [2.24, 2.45) is 0 Å². The fourth-order valence-corrected chi connectivity index (χ4v) is 3.02. The van der Waals surface area contributed by atoms with Crippen molar-refractivity contribution in [3.63, 3.8) is 0 Å². The van der Waals surface area contributed by atoms with Gasteiger partial charge >= 0.3 is 0 Å². The van der Waals surface area contributed by atoms with Gasteiger partial charge in [0.25, 0.3) is 0 Å². The molecule has 96 valence electrons. The van der Waals surface area contributed by atoms with Crippen molar-refractivity contribution in [1.29, 1.82) is 0 Å². The molecule has 1 nitrogen and oxygen atoms in total. The molecule has 0 saturated heterocycles. The van der Waals surface area contributed by atoms with Crippen molar-refractivity contribution in [2.45, 2.75) is 33.2 Å². The number of benzene rings is 1. The topological polar surface area (TPSA) is 12.0 Å². The monoisotopic (exact) mass is 259 g/mol. The van der Waals surface area contributed by atoms with Crippen molar-refractivity contribution in [2.75, 3.05) is 6.54 Å². The molecule has 18 heavy (non-hydrogen) atoms. The molecule has 1 aromatic carbocycles. The molecule has 1 N–H and O–H groups in total. The lowest BCUT2D eigenvalue weighted by atomic mass is 10.0. The van der Waals surface area contributed by atoms with E-state index in [0.717, 1.165) is 13.0 Å². The quantitative estimate of drug-likeness (QED) is 0.836. The molecule has 0 aliphatic heterocycles. The second kappa shape index (κ2) is 6.17. The van der Waals surface area contributed by atoms with E-state index in [1.54, 1.807) is 0 Å². The molecule has 0 amide bonds. The first kappa shape index (κ1) is 13.3. The Morgan fingerprint density at radius 3 is 2.33 bits per heavy atom. The molecule has 0 radical (unpaired) electrons. The molecule has 1 aromatic heterocycles. The Kier molecular flexibility index (Phi) is 4.56. The highest BCUT2D eigenvalue weighted by Crippen LogP contribution is 2.28. The van der Waals surface area contributed by atoms with Crippen molar-refractivity contribution in [3.8, 4) is 0 Å². The number of thiophene rings is 1. The van der Waals surface area contributed by atoms with Gasteiger partial charge in [0.1, 0.15) is 0 Å². The molecule has 0 aliphatic carbocycles. The Labute approximate surface area is 114 Å². The minimum Gasteiger partial charge on any atom is -0.306 e. The van der Waals surface area contributed by atoms with Gasteiger partial charge in [-0.1, -0.05) is 36.8 Å². The SMILES string of the molecule is CCCNC(c1ccc(C)cc1)c1ccc(C)s1. The van der Waals surface area contributed by atoms with Gasteiger partial charge in [-0.25, -0.2) is 0 Å². The fourth-order valence-electron chi connectivity index (χ4n) is 2.04. The van der Waals surface area contributed by atoms with Gasteiger partial charge in [-0.05, 0) is 44.5 Å². The van der Waals surface area contributed by atoms with E-state index in [-0.39, 0.29) is 0 Å². The maximum Gasteiger partial charge on any atom is 0.0671 e. The predicted molar refractivity (Wildman–Crippen MR) is 80.4 cm³/mol.